The van der Waals surface area contributed by atoms with Crippen LogP contribution >= 0.6 is 11.6 Å². The maximum absolute atomic E-state index is 13.1. The van der Waals surface area contributed by atoms with Gasteiger partial charge in [0, 0.05) is 11.1 Å². The van der Waals surface area contributed by atoms with E-state index < -0.39 is 21.8 Å². The molecule has 11 heteroatoms. The molecular formula is C27H24ClN3O6S. The summed E-state index contributed by atoms with van der Waals surface area (Å²) in [5, 5.41) is 23.3. The van der Waals surface area contributed by atoms with Crippen molar-refractivity contribution in [3.63, 3.8) is 0 Å². The molecule has 0 aliphatic heterocycles. The third-order valence-electron chi connectivity index (χ3n) is 5.70. The molecule has 0 fully saturated rings. The van der Waals surface area contributed by atoms with Crippen molar-refractivity contribution in [3.8, 4) is 11.5 Å². The Kier molecular flexibility index (Phi) is 7.96. The number of anilines is 1. The van der Waals surface area contributed by atoms with Crippen LogP contribution in [0.15, 0.2) is 81.9 Å². The number of phenols is 1. The van der Waals surface area contributed by atoms with Crippen molar-refractivity contribution < 1.29 is 27.6 Å². The number of aromatic hydroxyl groups is 1. The summed E-state index contributed by atoms with van der Waals surface area (Å²) in [5.74, 6) is -0.341. The molecule has 0 saturated carbocycles. The van der Waals surface area contributed by atoms with Gasteiger partial charge in [-0.2, -0.15) is 8.42 Å². The number of rotatable bonds is 8. The van der Waals surface area contributed by atoms with Crippen molar-refractivity contribution in [1.82, 2.24) is 0 Å². The van der Waals surface area contributed by atoms with Crippen molar-refractivity contribution in [2.75, 3.05) is 11.9 Å². The van der Waals surface area contributed by atoms with E-state index in [4.69, 9.17) is 16.3 Å². The Labute approximate surface area is 224 Å². The van der Waals surface area contributed by atoms with E-state index in [0.717, 1.165) is 6.07 Å². The summed E-state index contributed by atoms with van der Waals surface area (Å²) < 4.78 is 38.4. The minimum Gasteiger partial charge on any atom is -0.505 e. The van der Waals surface area contributed by atoms with Gasteiger partial charge in [0.1, 0.15) is 17.1 Å². The van der Waals surface area contributed by atoms with Crippen molar-refractivity contribution in [2.24, 2.45) is 10.2 Å². The van der Waals surface area contributed by atoms with Crippen LogP contribution in [0.5, 0.6) is 11.5 Å². The smallest absolute Gasteiger partial charge is 0.294 e. The lowest BCUT2D eigenvalue weighted by molar-refractivity contribution is 0.102. The molecule has 0 aromatic heterocycles. The molecule has 4 aromatic carbocycles. The zero-order valence-electron chi connectivity index (χ0n) is 20.5. The first kappa shape index (κ1) is 27.1. The van der Waals surface area contributed by atoms with Gasteiger partial charge >= 0.3 is 0 Å². The largest absolute Gasteiger partial charge is 0.505 e. The Morgan fingerprint density at radius 1 is 1.03 bits per heavy atom. The van der Waals surface area contributed by atoms with Crippen LogP contribution in [0.1, 0.15) is 29.8 Å². The molecule has 0 unspecified atom stereocenters. The summed E-state index contributed by atoms with van der Waals surface area (Å²) >= 11 is 6.39. The summed E-state index contributed by atoms with van der Waals surface area (Å²) in [5.41, 5.74) is 0.861. The number of carbonyl (C=O) groups is 1. The lowest BCUT2D eigenvalue weighted by Gasteiger charge is -2.12. The second kappa shape index (κ2) is 11.2. The number of nitrogens with one attached hydrogen (secondary N) is 1. The number of phenolic OH excluding ortho intramolecular Hbond substituents is 1. The van der Waals surface area contributed by atoms with Gasteiger partial charge in [-0.1, -0.05) is 42.8 Å². The molecule has 196 valence electrons. The van der Waals surface area contributed by atoms with Crippen LogP contribution in [0.25, 0.3) is 10.8 Å². The zero-order chi connectivity index (χ0) is 27.4. The fourth-order valence-corrected chi connectivity index (χ4v) is 4.65. The number of azo groups is 1. The van der Waals surface area contributed by atoms with Gasteiger partial charge in [-0.15, -0.1) is 10.2 Å². The molecule has 0 saturated heterocycles. The summed E-state index contributed by atoms with van der Waals surface area (Å²) in [6.45, 7) is 4.15. The molecule has 9 nitrogen and oxygen atoms in total. The van der Waals surface area contributed by atoms with Crippen LogP contribution in [-0.4, -0.2) is 30.6 Å². The van der Waals surface area contributed by atoms with Gasteiger partial charge in [0.25, 0.3) is 16.0 Å². The first-order valence-electron chi connectivity index (χ1n) is 11.6. The molecule has 0 heterocycles. The summed E-state index contributed by atoms with van der Waals surface area (Å²) in [7, 11) is -4.52. The van der Waals surface area contributed by atoms with Crippen molar-refractivity contribution in [2.45, 2.75) is 25.2 Å². The minimum absolute atomic E-state index is 0.00804. The Hall–Kier alpha value is -3.99. The number of fused-ring (bicyclic) bond motifs is 1. The van der Waals surface area contributed by atoms with Gasteiger partial charge in [0.05, 0.1) is 22.1 Å². The zero-order valence-corrected chi connectivity index (χ0v) is 22.0. The van der Waals surface area contributed by atoms with Crippen LogP contribution in [0, 0.1) is 0 Å². The van der Waals surface area contributed by atoms with Gasteiger partial charge < -0.3 is 15.2 Å². The van der Waals surface area contributed by atoms with Crippen molar-refractivity contribution in [1.29, 1.82) is 0 Å². The van der Waals surface area contributed by atoms with Gasteiger partial charge in [0.15, 0.2) is 5.75 Å². The van der Waals surface area contributed by atoms with Crippen LogP contribution < -0.4 is 10.1 Å². The molecular weight excluding hydrogens is 530 g/mol. The topological polar surface area (TPSA) is 138 Å². The van der Waals surface area contributed by atoms with Crippen molar-refractivity contribution >= 4 is 55.5 Å². The Morgan fingerprint density at radius 2 is 1.74 bits per heavy atom. The molecule has 4 aromatic rings. The number of carbonyl (C=O) groups excluding carboxylic acids is 1. The summed E-state index contributed by atoms with van der Waals surface area (Å²) in [4.78, 5) is 12.7. The Morgan fingerprint density at radius 3 is 2.39 bits per heavy atom. The van der Waals surface area contributed by atoms with E-state index in [1.807, 2.05) is 6.92 Å². The number of hydrogen-bond acceptors (Lipinski definition) is 7. The fraction of sp³-hybridized carbons (Fsp3) is 0.148. The van der Waals surface area contributed by atoms with Crippen LogP contribution in [0.4, 0.5) is 17.1 Å². The van der Waals surface area contributed by atoms with Gasteiger partial charge in [-0.3, -0.25) is 9.35 Å². The number of aryl methyl sites for hydroxylation is 1. The third kappa shape index (κ3) is 5.77. The highest BCUT2D eigenvalue weighted by molar-refractivity contribution is 7.85. The molecule has 0 aliphatic rings. The lowest BCUT2D eigenvalue weighted by atomic mass is 10.0. The number of amides is 1. The van der Waals surface area contributed by atoms with E-state index in [2.05, 4.69) is 15.5 Å². The van der Waals surface area contributed by atoms with Crippen LogP contribution in [0.2, 0.25) is 5.02 Å². The molecule has 0 bridgehead atoms. The highest BCUT2D eigenvalue weighted by atomic mass is 35.5. The second-order valence-electron chi connectivity index (χ2n) is 8.20. The maximum atomic E-state index is 13.1. The number of hydrogen-bond donors (Lipinski definition) is 3. The SMILES string of the molecule is CCOc1ccc(NC(=O)c2cc3ccccc3c(N=Nc3cc(S(=O)(=O)O)cc(CC)c3Cl)c2O)cc1. The van der Waals surface area contributed by atoms with E-state index in [1.165, 1.54) is 12.1 Å². The second-order valence-corrected chi connectivity index (χ2v) is 10.00. The summed E-state index contributed by atoms with van der Waals surface area (Å²) in [6.07, 6.45) is 0.375. The maximum Gasteiger partial charge on any atom is 0.294 e. The average Bonchev–Trinajstić information content (AvgIpc) is 2.89. The minimum atomic E-state index is -4.52. The predicted molar refractivity (Wildman–Crippen MR) is 146 cm³/mol. The first-order valence-corrected chi connectivity index (χ1v) is 13.4. The van der Waals surface area contributed by atoms with Crippen LogP contribution in [0.3, 0.4) is 0 Å². The predicted octanol–water partition coefficient (Wildman–Crippen LogP) is 7.07. The first-order chi connectivity index (χ1) is 18.1. The van der Waals surface area contributed by atoms with E-state index in [0.29, 0.717) is 40.8 Å². The number of halogens is 1. The monoisotopic (exact) mass is 553 g/mol. The molecule has 4 rings (SSSR count). The van der Waals surface area contributed by atoms with E-state index >= 15 is 0 Å². The molecule has 0 radical (unpaired) electrons. The van der Waals surface area contributed by atoms with E-state index in [9.17, 15) is 22.9 Å². The van der Waals surface area contributed by atoms with Gasteiger partial charge in [-0.05, 0) is 66.8 Å². The lowest BCUT2D eigenvalue weighted by Crippen LogP contribution is -2.12. The van der Waals surface area contributed by atoms with Crippen molar-refractivity contribution in [3.05, 3.63) is 82.9 Å². The van der Waals surface area contributed by atoms with E-state index in [1.54, 1.807) is 55.5 Å². The number of nitrogens with zero attached hydrogens (tertiary/aromatic N) is 2. The van der Waals surface area contributed by atoms with Gasteiger partial charge in [0.2, 0.25) is 0 Å². The Bertz CT molecular complexity index is 1650. The quantitative estimate of drug-likeness (QED) is 0.157. The van der Waals surface area contributed by atoms with Crippen LogP contribution in [-0.2, 0) is 16.5 Å². The molecule has 1 amide bonds. The molecule has 0 aliphatic carbocycles. The highest BCUT2D eigenvalue weighted by Crippen LogP contribution is 2.41. The standard InChI is InChI=1S/C27H24ClN3O6S/c1-3-16-13-20(38(34,35)36)15-23(24(16)28)30-31-25-21-8-6-5-7-17(21)14-22(26(25)32)27(33)29-18-9-11-19(12-10-18)37-4-2/h5-15,32H,3-4H2,1-2H3,(H,29,33)(H,34,35,36). The number of benzene rings is 4. The van der Waals surface area contributed by atoms with E-state index in [-0.39, 0.29) is 26.9 Å². The fourth-order valence-electron chi connectivity index (χ4n) is 3.81. The normalized spacial score (nSPS) is 11.7. The van der Waals surface area contributed by atoms with Gasteiger partial charge in [-0.25, -0.2) is 0 Å². The molecule has 0 spiro atoms. The number of ether oxygens (including phenoxy) is 1. The highest BCUT2D eigenvalue weighted by Gasteiger charge is 2.20. The molecule has 38 heavy (non-hydrogen) atoms. The Balaban J connectivity index is 1.77. The molecule has 0 atom stereocenters. The summed E-state index contributed by atoms with van der Waals surface area (Å²) in [6, 6.07) is 17.6. The molecule has 3 N–H and O–H groups in total. The third-order valence-corrected chi connectivity index (χ3v) is 6.97. The average molecular weight is 554 g/mol.